The standard InChI is InChI=1S/C75H120O6/c1-4-7-10-13-16-19-22-25-28-30-31-32-33-34-35-36-37-38-39-40-41-42-43-45-47-50-53-56-59-62-65-68-74(77)80-71-72(70-79-73(76)67-64-61-58-55-52-49-46-27-24-21-18-15-12-9-6-3)81-75(78)69-66-63-60-57-54-51-48-44-29-26-23-20-17-14-11-8-5-2/h7,10,16-21,25-29,31-32,34-35,37-38,40-41,43,45-46,50,53,72H,4-6,8-9,11-15,22-24,30,33,36,39,42,44,47-49,51-52,54-71H2,1-3H3/b10-7-,19-16-,20-17-,21-18-,28-25-,29-26-,32-31-,35-34-,38-37-,41-40-,45-43-,46-27-,53-50-. The lowest BCUT2D eigenvalue weighted by atomic mass is 10.1. The lowest BCUT2D eigenvalue weighted by molar-refractivity contribution is -0.167. The molecule has 0 aromatic rings. The first-order valence-electron chi connectivity index (χ1n) is 33.0. The quantitative estimate of drug-likeness (QED) is 0.0261. The molecule has 81 heavy (non-hydrogen) atoms. The van der Waals surface area contributed by atoms with E-state index in [2.05, 4.69) is 179 Å². The predicted molar refractivity (Wildman–Crippen MR) is 352 cm³/mol. The molecule has 1 atom stereocenters. The van der Waals surface area contributed by atoms with Crippen molar-refractivity contribution in [2.45, 2.75) is 284 Å². The highest BCUT2D eigenvalue weighted by molar-refractivity contribution is 5.71. The molecule has 0 radical (unpaired) electrons. The van der Waals surface area contributed by atoms with Crippen LogP contribution >= 0.6 is 0 Å². The number of allylic oxidation sites excluding steroid dienone is 26. The Labute approximate surface area is 499 Å². The maximum atomic E-state index is 12.9. The number of unbranched alkanes of at least 4 members (excludes halogenated alkanes) is 21. The van der Waals surface area contributed by atoms with Crippen LogP contribution in [0.3, 0.4) is 0 Å². The van der Waals surface area contributed by atoms with Crippen molar-refractivity contribution >= 4 is 17.9 Å². The van der Waals surface area contributed by atoms with E-state index in [9.17, 15) is 14.4 Å². The zero-order chi connectivity index (χ0) is 58.5. The van der Waals surface area contributed by atoms with Crippen LogP contribution in [0, 0.1) is 0 Å². The summed E-state index contributed by atoms with van der Waals surface area (Å²) in [4.78, 5) is 38.3. The van der Waals surface area contributed by atoms with Gasteiger partial charge in [-0.1, -0.05) is 262 Å². The monoisotopic (exact) mass is 1120 g/mol. The average molecular weight is 1120 g/mol. The molecular weight excluding hydrogens is 997 g/mol. The second-order valence-corrected chi connectivity index (χ2v) is 21.3. The molecule has 0 aromatic heterocycles. The number of hydrogen-bond donors (Lipinski definition) is 0. The predicted octanol–water partition coefficient (Wildman–Crippen LogP) is 22.9. The molecule has 0 fully saturated rings. The molecule has 0 amide bonds. The molecule has 456 valence electrons. The second kappa shape index (κ2) is 67.5. The van der Waals surface area contributed by atoms with E-state index in [-0.39, 0.29) is 31.1 Å². The van der Waals surface area contributed by atoms with Gasteiger partial charge in [0, 0.05) is 19.3 Å². The van der Waals surface area contributed by atoms with Crippen molar-refractivity contribution in [3.05, 3.63) is 158 Å². The molecule has 0 N–H and O–H groups in total. The maximum Gasteiger partial charge on any atom is 0.306 e. The van der Waals surface area contributed by atoms with Gasteiger partial charge in [-0.15, -0.1) is 0 Å². The fraction of sp³-hybridized carbons (Fsp3) is 0.613. The summed E-state index contributed by atoms with van der Waals surface area (Å²) in [5.74, 6) is -0.961. The summed E-state index contributed by atoms with van der Waals surface area (Å²) in [6, 6.07) is 0. The summed E-state index contributed by atoms with van der Waals surface area (Å²) in [5, 5.41) is 0. The van der Waals surface area contributed by atoms with E-state index >= 15 is 0 Å². The number of hydrogen-bond acceptors (Lipinski definition) is 6. The van der Waals surface area contributed by atoms with Crippen molar-refractivity contribution in [2.24, 2.45) is 0 Å². The molecule has 0 rings (SSSR count). The van der Waals surface area contributed by atoms with E-state index in [1.54, 1.807) is 0 Å². The van der Waals surface area contributed by atoms with Crippen LogP contribution in [-0.4, -0.2) is 37.2 Å². The summed E-state index contributed by atoms with van der Waals surface area (Å²) in [5.41, 5.74) is 0. The van der Waals surface area contributed by atoms with Gasteiger partial charge in [-0.3, -0.25) is 14.4 Å². The molecule has 0 aliphatic rings. The summed E-state index contributed by atoms with van der Waals surface area (Å²) in [6.07, 6.45) is 98.1. The van der Waals surface area contributed by atoms with Crippen molar-refractivity contribution in [1.29, 1.82) is 0 Å². The minimum absolute atomic E-state index is 0.105. The third kappa shape index (κ3) is 65.7. The molecule has 0 saturated carbocycles. The number of carbonyl (C=O) groups is 3. The van der Waals surface area contributed by atoms with Crippen LogP contribution in [0.1, 0.15) is 278 Å². The van der Waals surface area contributed by atoms with Gasteiger partial charge in [0.25, 0.3) is 0 Å². The molecule has 0 aromatic carbocycles. The summed E-state index contributed by atoms with van der Waals surface area (Å²) in [7, 11) is 0. The smallest absolute Gasteiger partial charge is 0.306 e. The summed E-state index contributed by atoms with van der Waals surface area (Å²) < 4.78 is 16.9. The van der Waals surface area contributed by atoms with E-state index in [1.807, 2.05) is 0 Å². The molecule has 0 spiro atoms. The number of esters is 3. The number of ether oxygens (including phenoxy) is 3. The Hall–Kier alpha value is -4.97. The number of carbonyl (C=O) groups excluding carboxylic acids is 3. The zero-order valence-corrected chi connectivity index (χ0v) is 52.2. The topological polar surface area (TPSA) is 78.9 Å². The highest BCUT2D eigenvalue weighted by atomic mass is 16.6. The van der Waals surface area contributed by atoms with E-state index in [1.165, 1.54) is 77.0 Å². The Kier molecular flexibility index (Phi) is 63.4. The van der Waals surface area contributed by atoms with Gasteiger partial charge < -0.3 is 14.2 Å². The van der Waals surface area contributed by atoms with Gasteiger partial charge in [-0.25, -0.2) is 0 Å². The van der Waals surface area contributed by atoms with Crippen LogP contribution in [-0.2, 0) is 28.6 Å². The highest BCUT2D eigenvalue weighted by Gasteiger charge is 2.19. The number of rotatable bonds is 58. The minimum Gasteiger partial charge on any atom is -0.462 e. The largest absolute Gasteiger partial charge is 0.462 e. The van der Waals surface area contributed by atoms with Crippen LogP contribution < -0.4 is 0 Å². The molecule has 0 heterocycles. The third-order valence-corrected chi connectivity index (χ3v) is 13.5. The zero-order valence-electron chi connectivity index (χ0n) is 52.2. The summed E-state index contributed by atoms with van der Waals surface area (Å²) in [6.45, 7) is 6.43. The first-order valence-corrected chi connectivity index (χ1v) is 33.0. The van der Waals surface area contributed by atoms with Crippen molar-refractivity contribution in [1.82, 2.24) is 0 Å². The van der Waals surface area contributed by atoms with Crippen LogP contribution in [0.25, 0.3) is 0 Å². The normalized spacial score (nSPS) is 13.2. The highest BCUT2D eigenvalue weighted by Crippen LogP contribution is 2.14. The Morgan fingerprint density at radius 2 is 0.481 bits per heavy atom. The lowest BCUT2D eigenvalue weighted by Crippen LogP contribution is -2.30. The Bertz CT molecular complexity index is 1810. The van der Waals surface area contributed by atoms with Gasteiger partial charge in [0.1, 0.15) is 13.2 Å². The van der Waals surface area contributed by atoms with Gasteiger partial charge in [0.2, 0.25) is 0 Å². The van der Waals surface area contributed by atoms with Gasteiger partial charge in [0.05, 0.1) is 0 Å². The van der Waals surface area contributed by atoms with E-state index < -0.39 is 6.10 Å². The molecule has 0 bridgehead atoms. The van der Waals surface area contributed by atoms with Crippen LogP contribution in [0.5, 0.6) is 0 Å². The SMILES string of the molecule is CC/C=C\C/C=C\C/C=C\C/C=C\C/C=C\C/C=C\C/C=C\C/C=C\C/C=C\CCCCCC(=O)OCC(COC(=O)CCCCCCC/C=C\C/C=C\CCCCC)OC(=O)CCCCCCCCC/C=C\C/C=C\CCCCC. The fourth-order valence-electron chi connectivity index (χ4n) is 8.55. The molecule has 6 heteroatoms. The van der Waals surface area contributed by atoms with Crippen molar-refractivity contribution in [3.63, 3.8) is 0 Å². The summed E-state index contributed by atoms with van der Waals surface area (Å²) >= 11 is 0. The van der Waals surface area contributed by atoms with Crippen molar-refractivity contribution in [3.8, 4) is 0 Å². The Morgan fingerprint density at radius 3 is 0.765 bits per heavy atom. The molecule has 1 unspecified atom stereocenters. The van der Waals surface area contributed by atoms with E-state index in [0.717, 1.165) is 161 Å². The molecule has 0 aliphatic carbocycles. The van der Waals surface area contributed by atoms with Crippen LogP contribution in [0.4, 0.5) is 0 Å². The van der Waals surface area contributed by atoms with Crippen molar-refractivity contribution < 1.29 is 28.6 Å². The van der Waals surface area contributed by atoms with Gasteiger partial charge >= 0.3 is 17.9 Å². The Morgan fingerprint density at radius 1 is 0.259 bits per heavy atom. The molecule has 6 nitrogen and oxygen atoms in total. The van der Waals surface area contributed by atoms with E-state index in [0.29, 0.717) is 19.3 Å². The molecule has 0 aliphatic heterocycles. The molecule has 0 saturated heterocycles. The van der Waals surface area contributed by atoms with Crippen LogP contribution in [0.2, 0.25) is 0 Å². The maximum absolute atomic E-state index is 12.9. The molecular formula is C75H120O6. The first-order chi connectivity index (χ1) is 40.0. The average Bonchev–Trinajstić information content (AvgIpc) is 3.47. The second-order valence-electron chi connectivity index (χ2n) is 21.3. The lowest BCUT2D eigenvalue weighted by Gasteiger charge is -2.18. The van der Waals surface area contributed by atoms with Gasteiger partial charge in [0.15, 0.2) is 6.10 Å². The van der Waals surface area contributed by atoms with Gasteiger partial charge in [-0.05, 0) is 154 Å². The van der Waals surface area contributed by atoms with Crippen molar-refractivity contribution in [2.75, 3.05) is 13.2 Å². The van der Waals surface area contributed by atoms with Crippen LogP contribution in [0.15, 0.2) is 158 Å². The Balaban J connectivity index is 4.44. The van der Waals surface area contributed by atoms with E-state index in [4.69, 9.17) is 14.2 Å². The van der Waals surface area contributed by atoms with Gasteiger partial charge in [-0.2, -0.15) is 0 Å². The minimum atomic E-state index is -0.811. The fourth-order valence-corrected chi connectivity index (χ4v) is 8.55. The third-order valence-electron chi connectivity index (χ3n) is 13.5. The first kappa shape index (κ1) is 76.0.